The number of para-hydroxylation sites is 1. The summed E-state index contributed by atoms with van der Waals surface area (Å²) in [5.41, 5.74) is 3.48. The second-order valence-corrected chi connectivity index (χ2v) is 8.37. The smallest absolute Gasteiger partial charge is 0.254 e. The standard InChI is InChI=1S/C21H22N6OS/c1-2-27-18-8-7-15(13-17(18)23-24-27)21(28)26-11-9-25(10-12-26)14-20-22-16-5-3-4-6-19(16)29-20/h3-8,13H,2,9-12,14H2,1H3. The predicted octanol–water partition coefficient (Wildman–Crippen LogP) is 3.02. The van der Waals surface area contributed by atoms with Gasteiger partial charge < -0.3 is 4.90 Å². The number of piperazine rings is 1. The Hall–Kier alpha value is -2.84. The zero-order valence-electron chi connectivity index (χ0n) is 16.3. The van der Waals surface area contributed by atoms with Crippen molar-refractivity contribution >= 4 is 38.5 Å². The molecule has 5 rings (SSSR count). The lowest BCUT2D eigenvalue weighted by Gasteiger charge is -2.34. The molecule has 2 aromatic carbocycles. The van der Waals surface area contributed by atoms with Crippen molar-refractivity contribution in [2.45, 2.75) is 20.0 Å². The number of thiazole rings is 1. The first-order valence-electron chi connectivity index (χ1n) is 9.90. The molecule has 0 radical (unpaired) electrons. The van der Waals surface area contributed by atoms with E-state index in [9.17, 15) is 4.79 Å². The van der Waals surface area contributed by atoms with Crippen LogP contribution < -0.4 is 0 Å². The van der Waals surface area contributed by atoms with Gasteiger partial charge in [0.2, 0.25) is 0 Å². The number of rotatable bonds is 4. The number of amides is 1. The quantitative estimate of drug-likeness (QED) is 0.521. The number of aromatic nitrogens is 4. The fourth-order valence-electron chi connectivity index (χ4n) is 3.81. The molecule has 1 aliphatic rings. The molecule has 2 aromatic heterocycles. The Balaban J connectivity index is 1.23. The van der Waals surface area contributed by atoms with Crippen LogP contribution in [0.3, 0.4) is 0 Å². The summed E-state index contributed by atoms with van der Waals surface area (Å²) in [6.45, 7) is 6.80. The van der Waals surface area contributed by atoms with Crippen molar-refractivity contribution in [3.63, 3.8) is 0 Å². The highest BCUT2D eigenvalue weighted by molar-refractivity contribution is 7.18. The largest absolute Gasteiger partial charge is 0.336 e. The molecule has 1 amide bonds. The summed E-state index contributed by atoms with van der Waals surface area (Å²) in [7, 11) is 0. The molecule has 1 fully saturated rings. The average Bonchev–Trinajstić information content (AvgIpc) is 3.36. The van der Waals surface area contributed by atoms with E-state index in [1.165, 1.54) is 4.70 Å². The van der Waals surface area contributed by atoms with Crippen molar-refractivity contribution in [1.82, 2.24) is 29.8 Å². The van der Waals surface area contributed by atoms with E-state index in [2.05, 4.69) is 33.4 Å². The van der Waals surface area contributed by atoms with Crippen LogP contribution in [0.2, 0.25) is 0 Å². The number of hydrogen-bond acceptors (Lipinski definition) is 6. The van der Waals surface area contributed by atoms with Gasteiger partial charge in [0.1, 0.15) is 10.5 Å². The number of hydrogen-bond donors (Lipinski definition) is 0. The summed E-state index contributed by atoms with van der Waals surface area (Å²) in [6, 6.07) is 13.9. The molecule has 4 aromatic rings. The third kappa shape index (κ3) is 3.49. The first kappa shape index (κ1) is 18.2. The highest BCUT2D eigenvalue weighted by atomic mass is 32.1. The van der Waals surface area contributed by atoms with Gasteiger partial charge in [0, 0.05) is 38.3 Å². The van der Waals surface area contributed by atoms with E-state index in [1.54, 1.807) is 11.3 Å². The molecular weight excluding hydrogens is 384 g/mol. The van der Waals surface area contributed by atoms with Crippen LogP contribution in [-0.2, 0) is 13.1 Å². The van der Waals surface area contributed by atoms with Crippen LogP contribution in [0.5, 0.6) is 0 Å². The second-order valence-electron chi connectivity index (χ2n) is 7.25. The van der Waals surface area contributed by atoms with Crippen LogP contribution in [0.15, 0.2) is 42.5 Å². The lowest BCUT2D eigenvalue weighted by atomic mass is 10.1. The molecule has 0 N–H and O–H groups in total. The Morgan fingerprint density at radius 1 is 1.07 bits per heavy atom. The summed E-state index contributed by atoms with van der Waals surface area (Å²) < 4.78 is 3.07. The zero-order valence-corrected chi connectivity index (χ0v) is 17.1. The fraction of sp³-hybridized carbons (Fsp3) is 0.333. The topological polar surface area (TPSA) is 67.2 Å². The minimum absolute atomic E-state index is 0.0672. The van der Waals surface area contributed by atoms with Gasteiger partial charge in [0.15, 0.2) is 0 Å². The lowest BCUT2D eigenvalue weighted by molar-refractivity contribution is 0.0628. The fourth-order valence-corrected chi connectivity index (χ4v) is 4.82. The molecule has 3 heterocycles. The van der Waals surface area contributed by atoms with E-state index in [0.29, 0.717) is 5.56 Å². The monoisotopic (exact) mass is 406 g/mol. The molecule has 1 aliphatic heterocycles. The maximum Gasteiger partial charge on any atom is 0.254 e. The molecule has 148 valence electrons. The summed E-state index contributed by atoms with van der Waals surface area (Å²) in [4.78, 5) is 22.0. The molecule has 0 unspecified atom stereocenters. The molecule has 0 saturated carbocycles. The van der Waals surface area contributed by atoms with E-state index in [4.69, 9.17) is 4.98 Å². The minimum Gasteiger partial charge on any atom is -0.336 e. The van der Waals surface area contributed by atoms with E-state index in [0.717, 1.165) is 60.8 Å². The van der Waals surface area contributed by atoms with Gasteiger partial charge in [-0.2, -0.15) is 0 Å². The number of benzene rings is 2. The van der Waals surface area contributed by atoms with Crippen molar-refractivity contribution in [3.8, 4) is 0 Å². The van der Waals surface area contributed by atoms with Gasteiger partial charge in [-0.1, -0.05) is 17.3 Å². The van der Waals surface area contributed by atoms with E-state index >= 15 is 0 Å². The van der Waals surface area contributed by atoms with Crippen LogP contribution in [0.1, 0.15) is 22.3 Å². The normalized spacial score (nSPS) is 15.4. The number of fused-ring (bicyclic) bond motifs is 2. The Kier molecular flexibility index (Phi) is 4.73. The van der Waals surface area contributed by atoms with Gasteiger partial charge in [-0.05, 0) is 37.3 Å². The van der Waals surface area contributed by atoms with Gasteiger partial charge in [0.25, 0.3) is 5.91 Å². The summed E-state index contributed by atoms with van der Waals surface area (Å²) >= 11 is 1.75. The Bertz CT molecular complexity index is 1140. The van der Waals surface area contributed by atoms with Crippen molar-refractivity contribution in [2.75, 3.05) is 26.2 Å². The second kappa shape index (κ2) is 7.53. The summed E-state index contributed by atoms with van der Waals surface area (Å²) in [5.74, 6) is 0.0672. The highest BCUT2D eigenvalue weighted by Gasteiger charge is 2.23. The van der Waals surface area contributed by atoms with Gasteiger partial charge in [-0.25, -0.2) is 9.67 Å². The number of carbonyl (C=O) groups is 1. The molecule has 8 heteroatoms. The molecule has 0 aliphatic carbocycles. The van der Waals surface area contributed by atoms with Crippen molar-refractivity contribution in [1.29, 1.82) is 0 Å². The van der Waals surface area contributed by atoms with Crippen LogP contribution in [0.25, 0.3) is 21.3 Å². The van der Waals surface area contributed by atoms with E-state index < -0.39 is 0 Å². The zero-order chi connectivity index (χ0) is 19.8. The number of carbonyl (C=O) groups excluding carboxylic acids is 1. The van der Waals surface area contributed by atoms with E-state index in [-0.39, 0.29) is 5.91 Å². The van der Waals surface area contributed by atoms with Gasteiger partial charge in [-0.3, -0.25) is 9.69 Å². The molecule has 0 bridgehead atoms. The number of aryl methyl sites for hydroxylation is 1. The number of nitrogens with zero attached hydrogens (tertiary/aromatic N) is 6. The minimum atomic E-state index is 0.0672. The summed E-state index contributed by atoms with van der Waals surface area (Å²) in [5, 5.41) is 9.44. The van der Waals surface area contributed by atoms with Gasteiger partial charge in [0.05, 0.1) is 22.3 Å². The molecule has 1 saturated heterocycles. The highest BCUT2D eigenvalue weighted by Crippen LogP contribution is 2.23. The van der Waals surface area contributed by atoms with Crippen LogP contribution in [-0.4, -0.2) is 61.9 Å². The molecule has 0 atom stereocenters. The first-order chi connectivity index (χ1) is 14.2. The molecular formula is C21H22N6OS. The van der Waals surface area contributed by atoms with Crippen molar-refractivity contribution < 1.29 is 4.79 Å². The summed E-state index contributed by atoms with van der Waals surface area (Å²) in [6.07, 6.45) is 0. The molecule has 0 spiro atoms. The maximum atomic E-state index is 12.9. The van der Waals surface area contributed by atoms with Crippen molar-refractivity contribution in [2.24, 2.45) is 0 Å². The Morgan fingerprint density at radius 3 is 2.69 bits per heavy atom. The van der Waals surface area contributed by atoms with Crippen LogP contribution in [0.4, 0.5) is 0 Å². The van der Waals surface area contributed by atoms with Crippen LogP contribution in [0, 0.1) is 0 Å². The van der Waals surface area contributed by atoms with Crippen LogP contribution >= 0.6 is 11.3 Å². The maximum absolute atomic E-state index is 12.9. The average molecular weight is 407 g/mol. The third-order valence-electron chi connectivity index (χ3n) is 5.42. The predicted molar refractivity (Wildman–Crippen MR) is 114 cm³/mol. The first-order valence-corrected chi connectivity index (χ1v) is 10.7. The lowest BCUT2D eigenvalue weighted by Crippen LogP contribution is -2.48. The molecule has 7 nitrogen and oxygen atoms in total. The third-order valence-corrected chi connectivity index (χ3v) is 6.44. The SMILES string of the molecule is CCn1nnc2cc(C(=O)N3CCN(Cc4nc5ccccc5s4)CC3)ccc21. The Morgan fingerprint density at radius 2 is 1.90 bits per heavy atom. The van der Waals surface area contributed by atoms with Crippen molar-refractivity contribution in [3.05, 3.63) is 53.0 Å². The molecule has 29 heavy (non-hydrogen) atoms. The van der Waals surface area contributed by atoms with Gasteiger partial charge in [-0.15, -0.1) is 16.4 Å². The Labute approximate surface area is 172 Å². The van der Waals surface area contributed by atoms with Gasteiger partial charge >= 0.3 is 0 Å². The van der Waals surface area contributed by atoms with E-state index in [1.807, 2.05) is 40.8 Å².